The van der Waals surface area contributed by atoms with Gasteiger partial charge in [0.15, 0.2) is 11.2 Å². The molecule has 28 heavy (non-hydrogen) atoms. The van der Waals surface area contributed by atoms with Gasteiger partial charge in [0, 0.05) is 5.41 Å². The van der Waals surface area contributed by atoms with Crippen molar-refractivity contribution in [3.8, 4) is 6.07 Å². The van der Waals surface area contributed by atoms with Crippen molar-refractivity contribution in [3.05, 3.63) is 34.2 Å². The van der Waals surface area contributed by atoms with Crippen LogP contribution in [0.1, 0.15) is 69.5 Å². The van der Waals surface area contributed by atoms with Gasteiger partial charge in [0.25, 0.3) is 0 Å². The van der Waals surface area contributed by atoms with Crippen molar-refractivity contribution in [2.24, 2.45) is 23.2 Å². The number of nitriles is 1. The van der Waals surface area contributed by atoms with E-state index < -0.39 is 0 Å². The zero-order valence-corrected chi connectivity index (χ0v) is 16.6. The predicted molar refractivity (Wildman–Crippen MR) is 101 cm³/mol. The van der Waals surface area contributed by atoms with Crippen molar-refractivity contribution in [1.82, 2.24) is 9.71 Å². The van der Waals surface area contributed by atoms with Crippen molar-refractivity contribution < 1.29 is 10.3 Å². The second kappa shape index (κ2) is 5.70. The summed E-state index contributed by atoms with van der Waals surface area (Å²) in [5.74, 6) is 1.46. The fourth-order valence-electron chi connectivity index (χ4n) is 7.12. The van der Waals surface area contributed by atoms with Crippen molar-refractivity contribution in [1.29, 1.82) is 10.7 Å². The molecular formula is C22H28N4O2. The first-order valence-corrected chi connectivity index (χ1v) is 10.5. The Bertz CT molecular complexity index is 989. The lowest BCUT2D eigenvalue weighted by Crippen LogP contribution is -2.51. The van der Waals surface area contributed by atoms with Crippen molar-refractivity contribution >= 4 is 0 Å². The van der Waals surface area contributed by atoms with E-state index in [2.05, 4.69) is 24.9 Å². The molecule has 0 radical (unpaired) electrons. The van der Waals surface area contributed by atoms with Crippen LogP contribution in [0.25, 0.3) is 0 Å². The molecule has 2 saturated carbocycles. The number of aromatic nitrogens is 2. The van der Waals surface area contributed by atoms with E-state index in [0.29, 0.717) is 17.8 Å². The van der Waals surface area contributed by atoms with Crippen LogP contribution in [0.2, 0.25) is 0 Å². The number of nitrogens with one attached hydrogen (secondary N) is 1. The summed E-state index contributed by atoms with van der Waals surface area (Å²) in [6.07, 6.45) is 8.76. The SMILES string of the molecule is C[C@]12CC[C@H](O)CC1=CC[C@H]1[C@H]2CC[C@@]2(C)c3nc(C#N)c(=N)n(O)c3C[C@@H]12. The van der Waals surface area contributed by atoms with Gasteiger partial charge in [0.1, 0.15) is 6.07 Å². The fourth-order valence-corrected chi connectivity index (χ4v) is 7.12. The summed E-state index contributed by atoms with van der Waals surface area (Å²) in [7, 11) is 0. The van der Waals surface area contributed by atoms with Gasteiger partial charge in [-0.2, -0.15) is 9.99 Å². The summed E-state index contributed by atoms with van der Waals surface area (Å²) >= 11 is 0. The molecule has 2 fully saturated rings. The number of hydrogen-bond donors (Lipinski definition) is 3. The minimum Gasteiger partial charge on any atom is -0.427 e. The zero-order valence-electron chi connectivity index (χ0n) is 16.6. The second-order valence-corrected chi connectivity index (χ2v) is 9.84. The monoisotopic (exact) mass is 380 g/mol. The van der Waals surface area contributed by atoms with E-state index in [0.717, 1.165) is 61.1 Å². The average Bonchev–Trinajstić information content (AvgIpc) is 2.98. The molecule has 1 aromatic rings. The molecule has 0 aromatic carbocycles. The van der Waals surface area contributed by atoms with Gasteiger partial charge in [-0.25, -0.2) is 4.98 Å². The molecule has 6 heteroatoms. The minimum atomic E-state index is -0.209. The first-order valence-electron chi connectivity index (χ1n) is 10.5. The van der Waals surface area contributed by atoms with E-state index in [1.54, 1.807) is 0 Å². The van der Waals surface area contributed by atoms with Crippen LogP contribution in [0.4, 0.5) is 0 Å². The largest absolute Gasteiger partial charge is 0.427 e. The molecule has 4 aliphatic carbocycles. The topological polar surface area (TPSA) is 106 Å². The highest BCUT2D eigenvalue weighted by Crippen LogP contribution is 2.63. The summed E-state index contributed by atoms with van der Waals surface area (Å²) in [6, 6.07) is 1.97. The van der Waals surface area contributed by atoms with Crippen LogP contribution < -0.4 is 5.49 Å². The normalized spacial score (nSPS) is 41.1. The molecule has 0 amide bonds. The Morgan fingerprint density at radius 2 is 1.96 bits per heavy atom. The molecule has 1 heterocycles. The average molecular weight is 380 g/mol. The zero-order chi connectivity index (χ0) is 19.8. The maximum atomic E-state index is 10.6. The Morgan fingerprint density at radius 1 is 1.21 bits per heavy atom. The number of rotatable bonds is 0. The molecule has 3 N–H and O–H groups in total. The third-order valence-corrected chi connectivity index (χ3v) is 8.72. The van der Waals surface area contributed by atoms with Crippen LogP contribution in [-0.4, -0.2) is 26.1 Å². The number of hydrogen-bond acceptors (Lipinski definition) is 5. The highest BCUT2D eigenvalue weighted by atomic mass is 16.5. The summed E-state index contributed by atoms with van der Waals surface area (Å²) in [4.78, 5) is 4.56. The van der Waals surface area contributed by atoms with Crippen LogP contribution >= 0.6 is 0 Å². The molecule has 1 aromatic heterocycles. The van der Waals surface area contributed by atoms with E-state index in [1.165, 1.54) is 5.57 Å². The smallest absolute Gasteiger partial charge is 0.197 e. The first kappa shape index (κ1) is 17.9. The number of aliphatic hydroxyl groups is 1. The van der Waals surface area contributed by atoms with E-state index in [4.69, 9.17) is 5.41 Å². The van der Waals surface area contributed by atoms with Crippen molar-refractivity contribution in [2.45, 2.75) is 70.3 Å². The highest BCUT2D eigenvalue weighted by Gasteiger charge is 2.58. The first-order chi connectivity index (χ1) is 13.3. The lowest BCUT2D eigenvalue weighted by atomic mass is 9.48. The second-order valence-electron chi connectivity index (χ2n) is 9.84. The van der Waals surface area contributed by atoms with Gasteiger partial charge in [-0.1, -0.05) is 25.5 Å². The number of fused-ring (bicyclic) bond motifs is 7. The maximum absolute atomic E-state index is 10.6. The van der Waals surface area contributed by atoms with E-state index in [1.807, 2.05) is 6.07 Å². The molecule has 0 spiro atoms. The minimum absolute atomic E-state index is 0.00399. The predicted octanol–water partition coefficient (Wildman–Crippen LogP) is 2.81. The quantitative estimate of drug-likeness (QED) is 0.475. The number of aliphatic hydroxyl groups excluding tert-OH is 1. The number of nitrogens with zero attached hydrogens (tertiary/aromatic N) is 3. The van der Waals surface area contributed by atoms with Gasteiger partial charge in [-0.05, 0) is 68.1 Å². The molecule has 6 nitrogen and oxygen atoms in total. The lowest BCUT2D eigenvalue weighted by Gasteiger charge is -2.57. The molecule has 148 valence electrons. The van der Waals surface area contributed by atoms with Crippen LogP contribution in [0.5, 0.6) is 0 Å². The molecule has 4 aliphatic rings. The van der Waals surface area contributed by atoms with Gasteiger partial charge in [-0.15, -0.1) is 0 Å². The molecule has 0 unspecified atom stereocenters. The van der Waals surface area contributed by atoms with Gasteiger partial charge in [-0.3, -0.25) is 5.41 Å². The summed E-state index contributed by atoms with van der Waals surface area (Å²) in [5, 5.41) is 38.1. The molecule has 0 bridgehead atoms. The molecule has 0 saturated heterocycles. The van der Waals surface area contributed by atoms with Crippen LogP contribution in [0.3, 0.4) is 0 Å². The van der Waals surface area contributed by atoms with E-state index in [9.17, 15) is 15.6 Å². The van der Waals surface area contributed by atoms with Gasteiger partial charge < -0.3 is 10.3 Å². The Morgan fingerprint density at radius 3 is 2.71 bits per heavy atom. The highest BCUT2D eigenvalue weighted by molar-refractivity contribution is 5.37. The Labute approximate surface area is 165 Å². The van der Waals surface area contributed by atoms with Crippen molar-refractivity contribution in [2.75, 3.05) is 0 Å². The molecule has 5 rings (SSSR count). The summed E-state index contributed by atoms with van der Waals surface area (Å²) < 4.78 is 0.905. The maximum Gasteiger partial charge on any atom is 0.197 e. The Hall–Kier alpha value is -2.13. The summed E-state index contributed by atoms with van der Waals surface area (Å²) in [6.45, 7) is 4.64. The van der Waals surface area contributed by atoms with Gasteiger partial charge in [0.2, 0.25) is 0 Å². The van der Waals surface area contributed by atoms with E-state index in [-0.39, 0.29) is 28.1 Å². The standard InChI is InChI=1S/C22H28N4O2/c1-21-7-5-13(27)9-12(21)3-4-14-15(21)6-8-22(2)16(14)10-18-19(22)25-17(11-23)20(24)26(18)28/h3,13-16,24,27-28H,4-10H2,1-2H3/t13-,14-,15+,16-,21-,22+/m0/s1. The molecular weight excluding hydrogens is 352 g/mol. The van der Waals surface area contributed by atoms with Crippen LogP contribution in [-0.2, 0) is 11.8 Å². The van der Waals surface area contributed by atoms with E-state index >= 15 is 0 Å². The Kier molecular flexibility index (Phi) is 3.65. The third kappa shape index (κ3) is 2.11. The number of allylic oxidation sites excluding steroid dienone is 1. The van der Waals surface area contributed by atoms with Crippen LogP contribution in [0, 0.1) is 39.9 Å². The molecule has 0 aliphatic heterocycles. The van der Waals surface area contributed by atoms with Gasteiger partial charge in [0.05, 0.1) is 17.5 Å². The summed E-state index contributed by atoms with van der Waals surface area (Å²) in [5.41, 5.74) is 2.79. The third-order valence-electron chi connectivity index (χ3n) is 8.72. The molecule has 6 atom stereocenters. The fraction of sp³-hybridized carbons (Fsp3) is 0.682. The Balaban J connectivity index is 1.58. The van der Waals surface area contributed by atoms with Crippen LogP contribution in [0.15, 0.2) is 11.6 Å². The van der Waals surface area contributed by atoms with Gasteiger partial charge >= 0.3 is 0 Å². The van der Waals surface area contributed by atoms with Crippen molar-refractivity contribution in [3.63, 3.8) is 0 Å². The lowest BCUT2D eigenvalue weighted by molar-refractivity contribution is -0.0172.